The Balaban J connectivity index is 1.28. The molecule has 6 nitrogen and oxygen atoms in total. The van der Waals surface area contributed by atoms with E-state index in [1.54, 1.807) is 16.9 Å². The molecule has 1 aliphatic rings. The van der Waals surface area contributed by atoms with Crippen molar-refractivity contribution in [2.24, 2.45) is 0 Å². The molecular weight excluding hydrogens is 447 g/mol. The van der Waals surface area contributed by atoms with Crippen molar-refractivity contribution in [1.82, 2.24) is 19.6 Å². The Labute approximate surface area is 198 Å². The van der Waals surface area contributed by atoms with Crippen molar-refractivity contribution >= 4 is 29.1 Å². The minimum absolute atomic E-state index is 0.0514. The van der Waals surface area contributed by atoms with Gasteiger partial charge in [0.15, 0.2) is 12.4 Å². The highest BCUT2D eigenvalue weighted by atomic mass is 35.5. The Hall–Kier alpha value is -2.54. The minimum atomic E-state index is -0.0514. The maximum Gasteiger partial charge on any atom is 0.274 e. The standard InChI is InChI=1S/C24H26Cl2N4O2/c1-17-3-6-23(18(2)13-17)32-16-30-8-7-22(27-30)24(31)29-11-9-28(10-12-29)15-19-4-5-20(25)21(26)14-19/h3-8,13-14H,9-12,15-16H2,1-2H3. The fourth-order valence-electron chi connectivity index (χ4n) is 3.81. The molecule has 0 spiro atoms. The number of hydrogen-bond acceptors (Lipinski definition) is 4. The van der Waals surface area contributed by atoms with Gasteiger partial charge in [-0.25, -0.2) is 4.68 Å². The predicted octanol–water partition coefficient (Wildman–Crippen LogP) is 4.80. The molecule has 1 saturated heterocycles. The molecular formula is C24H26Cl2N4O2. The van der Waals surface area contributed by atoms with Gasteiger partial charge in [-0.05, 0) is 49.2 Å². The van der Waals surface area contributed by atoms with Gasteiger partial charge in [0.1, 0.15) is 5.75 Å². The molecule has 0 radical (unpaired) electrons. The number of rotatable bonds is 6. The third-order valence-electron chi connectivity index (χ3n) is 5.59. The van der Waals surface area contributed by atoms with Crippen molar-refractivity contribution in [1.29, 1.82) is 0 Å². The van der Waals surface area contributed by atoms with Crippen LogP contribution in [0.4, 0.5) is 0 Å². The van der Waals surface area contributed by atoms with Crippen LogP contribution < -0.4 is 4.74 Å². The number of carbonyl (C=O) groups excluding carboxylic acids is 1. The summed E-state index contributed by atoms with van der Waals surface area (Å²) in [5, 5.41) is 5.54. The lowest BCUT2D eigenvalue weighted by atomic mass is 10.1. The summed E-state index contributed by atoms with van der Waals surface area (Å²) in [6.45, 7) is 8.01. The van der Waals surface area contributed by atoms with Gasteiger partial charge in [-0.1, -0.05) is 47.0 Å². The zero-order valence-electron chi connectivity index (χ0n) is 18.2. The number of benzene rings is 2. The van der Waals surface area contributed by atoms with E-state index in [2.05, 4.69) is 23.0 Å². The van der Waals surface area contributed by atoms with Crippen LogP contribution in [-0.4, -0.2) is 51.7 Å². The Kier molecular flexibility index (Phi) is 7.04. The van der Waals surface area contributed by atoms with Crippen LogP contribution in [0.3, 0.4) is 0 Å². The molecule has 0 saturated carbocycles. The molecule has 2 aromatic carbocycles. The van der Waals surface area contributed by atoms with Crippen LogP contribution in [0.2, 0.25) is 10.0 Å². The first-order valence-electron chi connectivity index (χ1n) is 10.6. The molecule has 1 amide bonds. The number of ether oxygens (including phenoxy) is 1. The molecule has 1 aromatic heterocycles. The van der Waals surface area contributed by atoms with Crippen molar-refractivity contribution in [2.45, 2.75) is 27.1 Å². The van der Waals surface area contributed by atoms with E-state index in [1.807, 2.05) is 42.2 Å². The highest BCUT2D eigenvalue weighted by molar-refractivity contribution is 6.42. The van der Waals surface area contributed by atoms with Gasteiger partial charge in [-0.2, -0.15) is 5.10 Å². The number of nitrogens with zero attached hydrogens (tertiary/aromatic N) is 4. The fraction of sp³-hybridized carbons (Fsp3) is 0.333. The lowest BCUT2D eigenvalue weighted by Crippen LogP contribution is -2.48. The van der Waals surface area contributed by atoms with Crippen LogP contribution in [0.25, 0.3) is 0 Å². The molecule has 168 valence electrons. The van der Waals surface area contributed by atoms with E-state index < -0.39 is 0 Å². The maximum absolute atomic E-state index is 12.9. The van der Waals surface area contributed by atoms with Crippen molar-refractivity contribution in [2.75, 3.05) is 26.2 Å². The summed E-state index contributed by atoms with van der Waals surface area (Å²) in [4.78, 5) is 17.0. The Morgan fingerprint density at radius 1 is 1.00 bits per heavy atom. The molecule has 4 rings (SSSR count). The lowest BCUT2D eigenvalue weighted by Gasteiger charge is -2.34. The van der Waals surface area contributed by atoms with Gasteiger partial charge in [0.2, 0.25) is 0 Å². The Morgan fingerprint density at radius 2 is 1.78 bits per heavy atom. The fourth-order valence-corrected chi connectivity index (χ4v) is 4.13. The maximum atomic E-state index is 12.9. The molecule has 0 atom stereocenters. The van der Waals surface area contributed by atoms with Crippen LogP contribution in [0.15, 0.2) is 48.7 Å². The number of aromatic nitrogens is 2. The molecule has 2 heterocycles. The van der Waals surface area contributed by atoms with Gasteiger partial charge in [0.25, 0.3) is 5.91 Å². The third-order valence-corrected chi connectivity index (χ3v) is 6.33. The first kappa shape index (κ1) is 22.6. The summed E-state index contributed by atoms with van der Waals surface area (Å²) >= 11 is 12.1. The number of carbonyl (C=O) groups is 1. The van der Waals surface area contributed by atoms with Crippen LogP contribution in [0.5, 0.6) is 5.75 Å². The highest BCUT2D eigenvalue weighted by Crippen LogP contribution is 2.23. The van der Waals surface area contributed by atoms with E-state index in [1.165, 1.54) is 5.56 Å². The Bertz CT molecular complexity index is 1110. The van der Waals surface area contributed by atoms with Crippen LogP contribution in [-0.2, 0) is 13.3 Å². The third kappa shape index (κ3) is 5.44. The molecule has 1 fully saturated rings. The van der Waals surface area contributed by atoms with Crippen LogP contribution in [0, 0.1) is 13.8 Å². The Morgan fingerprint density at radius 3 is 2.50 bits per heavy atom. The van der Waals surface area contributed by atoms with Gasteiger partial charge < -0.3 is 9.64 Å². The monoisotopic (exact) mass is 472 g/mol. The van der Waals surface area contributed by atoms with E-state index in [0.29, 0.717) is 28.8 Å². The molecule has 0 aliphatic carbocycles. The number of amides is 1. The average Bonchev–Trinajstić information content (AvgIpc) is 3.25. The van der Waals surface area contributed by atoms with Crippen molar-refractivity contribution < 1.29 is 9.53 Å². The van der Waals surface area contributed by atoms with Gasteiger partial charge in [-0.3, -0.25) is 9.69 Å². The van der Waals surface area contributed by atoms with E-state index >= 15 is 0 Å². The smallest absolute Gasteiger partial charge is 0.274 e. The quantitative estimate of drug-likeness (QED) is 0.516. The molecule has 1 aliphatic heterocycles. The van der Waals surface area contributed by atoms with E-state index in [-0.39, 0.29) is 12.6 Å². The topological polar surface area (TPSA) is 50.6 Å². The summed E-state index contributed by atoms with van der Waals surface area (Å²) in [5.74, 6) is 0.765. The van der Waals surface area contributed by atoms with Crippen molar-refractivity contribution in [3.05, 3.63) is 81.1 Å². The number of hydrogen-bond donors (Lipinski definition) is 0. The van der Waals surface area contributed by atoms with Gasteiger partial charge in [-0.15, -0.1) is 0 Å². The normalized spacial score (nSPS) is 14.6. The summed E-state index contributed by atoms with van der Waals surface area (Å²) in [7, 11) is 0. The van der Waals surface area contributed by atoms with Gasteiger partial charge in [0, 0.05) is 38.9 Å². The molecule has 8 heteroatoms. The number of aryl methyl sites for hydroxylation is 2. The van der Waals surface area contributed by atoms with Gasteiger partial charge >= 0.3 is 0 Å². The summed E-state index contributed by atoms with van der Waals surface area (Å²) < 4.78 is 7.50. The van der Waals surface area contributed by atoms with Gasteiger partial charge in [0.05, 0.1) is 10.0 Å². The highest BCUT2D eigenvalue weighted by Gasteiger charge is 2.24. The molecule has 0 unspecified atom stereocenters. The van der Waals surface area contributed by atoms with E-state index in [9.17, 15) is 4.79 Å². The largest absolute Gasteiger partial charge is 0.471 e. The summed E-state index contributed by atoms with van der Waals surface area (Å²) in [6.07, 6.45) is 1.78. The van der Waals surface area contributed by atoms with E-state index in [0.717, 1.165) is 36.5 Å². The second-order valence-corrected chi connectivity index (χ2v) is 8.91. The minimum Gasteiger partial charge on any atom is -0.471 e. The first-order valence-corrected chi connectivity index (χ1v) is 11.3. The zero-order valence-corrected chi connectivity index (χ0v) is 19.7. The second kappa shape index (κ2) is 9.94. The average molecular weight is 473 g/mol. The predicted molar refractivity (Wildman–Crippen MR) is 126 cm³/mol. The first-order chi connectivity index (χ1) is 15.4. The molecule has 0 bridgehead atoms. The van der Waals surface area contributed by atoms with E-state index in [4.69, 9.17) is 27.9 Å². The number of halogens is 2. The summed E-state index contributed by atoms with van der Waals surface area (Å²) in [5.41, 5.74) is 3.82. The lowest BCUT2D eigenvalue weighted by molar-refractivity contribution is 0.0621. The second-order valence-electron chi connectivity index (χ2n) is 8.10. The number of piperazine rings is 1. The zero-order chi connectivity index (χ0) is 22.7. The molecule has 32 heavy (non-hydrogen) atoms. The van der Waals surface area contributed by atoms with Crippen LogP contribution >= 0.6 is 23.2 Å². The van der Waals surface area contributed by atoms with Crippen molar-refractivity contribution in [3.8, 4) is 5.75 Å². The van der Waals surface area contributed by atoms with Crippen LogP contribution in [0.1, 0.15) is 27.2 Å². The summed E-state index contributed by atoms with van der Waals surface area (Å²) in [6, 6.07) is 13.5. The SMILES string of the molecule is Cc1ccc(OCn2ccc(C(=O)N3CCN(Cc4ccc(Cl)c(Cl)c4)CC3)n2)c(C)c1. The van der Waals surface area contributed by atoms with Crippen molar-refractivity contribution in [3.63, 3.8) is 0 Å². The molecule has 0 N–H and O–H groups in total. The molecule has 3 aromatic rings.